The van der Waals surface area contributed by atoms with E-state index in [1.807, 2.05) is 18.2 Å². The summed E-state index contributed by atoms with van der Waals surface area (Å²) in [5.41, 5.74) is 0.724. The maximum absolute atomic E-state index is 13.8. The van der Waals surface area contributed by atoms with Gasteiger partial charge in [0.1, 0.15) is 5.54 Å². The zero-order valence-electron chi connectivity index (χ0n) is 18.0. The number of fused-ring (bicyclic) bond motifs is 4. The molecule has 8 nitrogen and oxygen atoms in total. The van der Waals surface area contributed by atoms with Crippen molar-refractivity contribution < 1.29 is 24.6 Å². The van der Waals surface area contributed by atoms with E-state index in [0.29, 0.717) is 23.2 Å². The monoisotopic (exact) mass is 447 g/mol. The molecule has 3 fully saturated rings. The van der Waals surface area contributed by atoms with Crippen LogP contribution in [-0.2, 0) is 26.3 Å². The molecule has 8 heteroatoms. The molecule has 170 valence electrons. The molecule has 0 unspecified atom stereocenters. The molecule has 4 aliphatic rings. The quantitative estimate of drug-likeness (QED) is 0.422. The Morgan fingerprint density at radius 1 is 0.970 bits per heavy atom. The largest absolute Gasteiger partial charge is 0.504 e. The van der Waals surface area contributed by atoms with Crippen LogP contribution in [0.5, 0.6) is 11.5 Å². The first kappa shape index (κ1) is 20.2. The van der Waals surface area contributed by atoms with E-state index in [0.717, 1.165) is 25.7 Å². The van der Waals surface area contributed by atoms with E-state index >= 15 is 0 Å². The van der Waals surface area contributed by atoms with Crippen molar-refractivity contribution in [2.75, 3.05) is 5.32 Å². The lowest BCUT2D eigenvalue weighted by atomic mass is 9.76. The van der Waals surface area contributed by atoms with Crippen LogP contribution in [0.2, 0.25) is 0 Å². The van der Waals surface area contributed by atoms with Crippen molar-refractivity contribution in [3.63, 3.8) is 0 Å². The van der Waals surface area contributed by atoms with Crippen molar-refractivity contribution in [2.45, 2.75) is 49.7 Å². The number of benzene rings is 2. The number of likely N-dealkylation sites (tertiary alicyclic amines) is 1. The number of rotatable bonds is 3. The van der Waals surface area contributed by atoms with E-state index in [1.54, 1.807) is 12.1 Å². The summed E-state index contributed by atoms with van der Waals surface area (Å²) in [6.45, 7) is 0. The smallest absolute Gasteiger partial charge is 0.250 e. The third kappa shape index (κ3) is 2.70. The van der Waals surface area contributed by atoms with Gasteiger partial charge in [0.2, 0.25) is 17.7 Å². The van der Waals surface area contributed by atoms with Crippen LogP contribution in [0.4, 0.5) is 5.69 Å². The van der Waals surface area contributed by atoms with Gasteiger partial charge in [-0.3, -0.25) is 24.6 Å². The van der Waals surface area contributed by atoms with Gasteiger partial charge < -0.3 is 15.5 Å². The van der Waals surface area contributed by atoms with Crippen LogP contribution in [0.3, 0.4) is 0 Å². The fourth-order valence-corrected chi connectivity index (χ4v) is 6.43. The number of phenols is 2. The molecule has 2 aromatic carbocycles. The average molecular weight is 447 g/mol. The molecular weight excluding hydrogens is 422 g/mol. The molecule has 2 saturated heterocycles. The van der Waals surface area contributed by atoms with Crippen molar-refractivity contribution >= 4 is 23.4 Å². The van der Waals surface area contributed by atoms with Crippen LogP contribution >= 0.6 is 0 Å². The van der Waals surface area contributed by atoms with Gasteiger partial charge in [0.25, 0.3) is 0 Å². The highest BCUT2D eigenvalue weighted by Gasteiger charge is 2.70. The van der Waals surface area contributed by atoms with Gasteiger partial charge in [-0.25, -0.2) is 0 Å². The number of hydrogen-bond acceptors (Lipinski definition) is 6. The van der Waals surface area contributed by atoms with Gasteiger partial charge in [-0.15, -0.1) is 0 Å². The molecule has 3 aliphatic heterocycles. The molecule has 0 radical (unpaired) electrons. The van der Waals surface area contributed by atoms with E-state index < -0.39 is 23.4 Å². The highest BCUT2D eigenvalue weighted by atomic mass is 16.3. The van der Waals surface area contributed by atoms with Crippen LogP contribution in [0.25, 0.3) is 0 Å². The van der Waals surface area contributed by atoms with Crippen LogP contribution in [0, 0.1) is 11.8 Å². The van der Waals surface area contributed by atoms with E-state index in [9.17, 15) is 24.6 Å². The molecule has 0 bridgehead atoms. The summed E-state index contributed by atoms with van der Waals surface area (Å²) < 4.78 is 0. The van der Waals surface area contributed by atoms with Crippen LogP contribution in [0.15, 0.2) is 42.5 Å². The highest BCUT2D eigenvalue weighted by molar-refractivity contribution is 6.15. The van der Waals surface area contributed by atoms with E-state index in [1.165, 1.54) is 17.0 Å². The summed E-state index contributed by atoms with van der Waals surface area (Å²) >= 11 is 0. The molecule has 2 aromatic rings. The Morgan fingerprint density at radius 2 is 1.73 bits per heavy atom. The second-order valence-corrected chi connectivity index (χ2v) is 9.57. The number of hydrogen-bond donors (Lipinski definition) is 4. The number of nitrogens with one attached hydrogen (secondary N) is 2. The molecule has 3 amide bonds. The number of imide groups is 1. The molecule has 1 saturated carbocycles. The maximum Gasteiger partial charge on any atom is 0.250 e. The number of carbonyl (C=O) groups is 3. The van der Waals surface area contributed by atoms with Crippen LogP contribution in [0.1, 0.15) is 36.8 Å². The van der Waals surface area contributed by atoms with Crippen LogP contribution in [-0.4, -0.2) is 44.9 Å². The lowest BCUT2D eigenvalue weighted by Crippen LogP contribution is -2.54. The number of phenolic OH excluding ortho intramolecular Hbond substituents is 2. The molecule has 0 aromatic heterocycles. The fraction of sp³-hybridized carbons (Fsp3) is 0.400. The second kappa shape index (κ2) is 7.05. The Labute approximate surface area is 190 Å². The summed E-state index contributed by atoms with van der Waals surface area (Å²) in [5.74, 6) is -2.79. The molecule has 6 rings (SSSR count). The minimum absolute atomic E-state index is 0.106. The van der Waals surface area contributed by atoms with Crippen molar-refractivity contribution in [1.29, 1.82) is 0 Å². The van der Waals surface area contributed by atoms with Gasteiger partial charge in [-0.2, -0.15) is 0 Å². The number of para-hydroxylation sites is 1. The number of aromatic hydroxyl groups is 2. The Balaban J connectivity index is 1.46. The first-order chi connectivity index (χ1) is 15.9. The van der Waals surface area contributed by atoms with Gasteiger partial charge in [0.05, 0.1) is 11.8 Å². The number of carbonyl (C=O) groups excluding carboxylic acids is 3. The van der Waals surface area contributed by atoms with Gasteiger partial charge >= 0.3 is 0 Å². The Kier molecular flexibility index (Phi) is 4.32. The summed E-state index contributed by atoms with van der Waals surface area (Å²) in [7, 11) is 0. The summed E-state index contributed by atoms with van der Waals surface area (Å²) in [6, 6.07) is 11.2. The predicted molar refractivity (Wildman–Crippen MR) is 118 cm³/mol. The Morgan fingerprint density at radius 3 is 2.48 bits per heavy atom. The second-order valence-electron chi connectivity index (χ2n) is 9.57. The molecule has 1 spiro atoms. The Bertz CT molecular complexity index is 1190. The molecule has 1 aliphatic carbocycles. The standard InChI is InChI=1S/C25H25N3O5/c29-18-10-9-13(12-19(18)30)11-17-20-21(23(32)28(22(20)31)14-5-1-2-6-14)25(27-17)15-7-3-4-8-16(15)26-24(25)33/h3-4,7-10,12,14,17,20-21,27,29-30H,1-2,5-6,11H2,(H,26,33)/t17-,20+,21-,25-/m0/s1. The van der Waals surface area contributed by atoms with Gasteiger partial charge in [-0.05, 0) is 43.0 Å². The number of nitrogens with zero attached hydrogens (tertiary/aromatic N) is 1. The highest BCUT2D eigenvalue weighted by Crippen LogP contribution is 2.54. The fourth-order valence-electron chi connectivity index (χ4n) is 6.43. The third-order valence-corrected chi connectivity index (χ3v) is 7.84. The lowest BCUT2D eigenvalue weighted by Gasteiger charge is -2.31. The Hall–Kier alpha value is -3.39. The van der Waals surface area contributed by atoms with Gasteiger partial charge in [0.15, 0.2) is 11.5 Å². The van der Waals surface area contributed by atoms with Gasteiger partial charge in [0, 0.05) is 23.3 Å². The average Bonchev–Trinajstić information content (AvgIpc) is 3.53. The lowest BCUT2D eigenvalue weighted by molar-refractivity contribution is -0.145. The SMILES string of the molecule is O=C1[C@@H]2[C@H](Cc3ccc(O)c(O)c3)N[C@]3(C(=O)Nc4ccccc43)[C@@H]2C(=O)N1C1CCCC1. The van der Waals surface area contributed by atoms with Crippen molar-refractivity contribution in [2.24, 2.45) is 11.8 Å². The minimum Gasteiger partial charge on any atom is -0.504 e. The zero-order valence-corrected chi connectivity index (χ0v) is 18.0. The molecule has 4 atom stereocenters. The topological polar surface area (TPSA) is 119 Å². The molecular formula is C25H25N3O5. The van der Waals surface area contributed by atoms with Crippen LogP contribution < -0.4 is 10.6 Å². The number of anilines is 1. The van der Waals surface area contributed by atoms with Crippen molar-refractivity contribution in [1.82, 2.24) is 10.2 Å². The van der Waals surface area contributed by atoms with E-state index in [2.05, 4.69) is 10.6 Å². The normalized spacial score (nSPS) is 30.8. The summed E-state index contributed by atoms with van der Waals surface area (Å²) in [6.07, 6.45) is 3.90. The predicted octanol–water partition coefficient (Wildman–Crippen LogP) is 2.00. The first-order valence-electron chi connectivity index (χ1n) is 11.5. The third-order valence-electron chi connectivity index (χ3n) is 7.84. The van der Waals surface area contributed by atoms with E-state index in [-0.39, 0.29) is 35.3 Å². The maximum atomic E-state index is 13.8. The van der Waals surface area contributed by atoms with Crippen molar-refractivity contribution in [3.8, 4) is 11.5 Å². The first-order valence-corrected chi connectivity index (χ1v) is 11.5. The van der Waals surface area contributed by atoms with Crippen molar-refractivity contribution in [3.05, 3.63) is 53.6 Å². The molecule has 3 heterocycles. The minimum atomic E-state index is -1.31. The van der Waals surface area contributed by atoms with Gasteiger partial charge in [-0.1, -0.05) is 37.1 Å². The zero-order chi connectivity index (χ0) is 22.9. The summed E-state index contributed by atoms with van der Waals surface area (Å²) in [4.78, 5) is 42.4. The molecule has 33 heavy (non-hydrogen) atoms. The van der Waals surface area contributed by atoms with E-state index in [4.69, 9.17) is 0 Å². The summed E-state index contributed by atoms with van der Waals surface area (Å²) in [5, 5.41) is 25.9. The number of amides is 3. The molecule has 4 N–H and O–H groups in total.